The number of hydrogen-bond donors (Lipinski definition) is 2. The zero-order valence-electron chi connectivity index (χ0n) is 10.2. The third-order valence-corrected chi connectivity index (χ3v) is 3.28. The first-order valence-electron chi connectivity index (χ1n) is 5.90. The van der Waals surface area contributed by atoms with Crippen LogP contribution in [0.5, 0.6) is 0 Å². The van der Waals surface area contributed by atoms with Gasteiger partial charge in [-0.15, -0.1) is 0 Å². The third kappa shape index (κ3) is 3.63. The normalized spacial score (nSPS) is 23.4. The Morgan fingerprint density at radius 2 is 2.06 bits per heavy atom. The van der Waals surface area contributed by atoms with E-state index < -0.39 is 0 Å². The summed E-state index contributed by atoms with van der Waals surface area (Å²) in [5.74, 6) is 1.64. The molecule has 1 aliphatic rings. The van der Waals surface area contributed by atoms with Gasteiger partial charge in [-0.3, -0.25) is 4.99 Å². The predicted octanol–water partition coefficient (Wildman–Crippen LogP) is 2.41. The molecule has 0 heterocycles. The van der Waals surface area contributed by atoms with Gasteiger partial charge in [-0.05, 0) is 30.0 Å². The highest BCUT2D eigenvalue weighted by Gasteiger charge is 2.33. The van der Waals surface area contributed by atoms with Gasteiger partial charge in [0.25, 0.3) is 0 Å². The Labute approximate surface area is 107 Å². The number of hydrogen-bond acceptors (Lipinski definition) is 1. The molecule has 0 aromatic heterocycles. The van der Waals surface area contributed by atoms with Crippen LogP contribution in [-0.2, 0) is 6.54 Å². The molecule has 1 fully saturated rings. The van der Waals surface area contributed by atoms with Crippen LogP contribution in [0.25, 0.3) is 0 Å². The van der Waals surface area contributed by atoms with Crippen LogP contribution in [0.4, 0.5) is 0 Å². The predicted molar refractivity (Wildman–Crippen MR) is 72.4 cm³/mol. The van der Waals surface area contributed by atoms with Gasteiger partial charge < -0.3 is 10.6 Å². The Hall–Kier alpha value is -1.22. The minimum absolute atomic E-state index is 0.589. The van der Waals surface area contributed by atoms with Crippen molar-refractivity contribution in [2.75, 3.05) is 7.05 Å². The van der Waals surface area contributed by atoms with E-state index in [2.05, 4.69) is 22.5 Å². The summed E-state index contributed by atoms with van der Waals surface area (Å²) in [4.78, 5) is 4.20. The van der Waals surface area contributed by atoms with Gasteiger partial charge in [-0.2, -0.15) is 0 Å². The summed E-state index contributed by atoms with van der Waals surface area (Å²) in [6.07, 6.45) is 1.24. The van der Waals surface area contributed by atoms with Crippen LogP contribution in [0.1, 0.15) is 18.9 Å². The van der Waals surface area contributed by atoms with Gasteiger partial charge in [0.05, 0.1) is 0 Å². The molecule has 0 spiro atoms. The maximum Gasteiger partial charge on any atom is 0.191 e. The zero-order valence-corrected chi connectivity index (χ0v) is 11.0. The van der Waals surface area contributed by atoms with E-state index in [1.807, 2.05) is 24.3 Å². The van der Waals surface area contributed by atoms with E-state index in [1.165, 1.54) is 12.0 Å². The molecule has 0 saturated heterocycles. The Morgan fingerprint density at radius 1 is 1.41 bits per heavy atom. The minimum atomic E-state index is 0.589. The van der Waals surface area contributed by atoms with E-state index in [9.17, 15) is 0 Å². The molecule has 2 N–H and O–H groups in total. The fourth-order valence-corrected chi connectivity index (χ4v) is 1.81. The van der Waals surface area contributed by atoms with Crippen LogP contribution in [0, 0.1) is 5.92 Å². The van der Waals surface area contributed by atoms with Gasteiger partial charge in [0.15, 0.2) is 5.96 Å². The Bertz CT molecular complexity index is 400. The smallest absolute Gasteiger partial charge is 0.191 e. The molecule has 1 aliphatic carbocycles. The topological polar surface area (TPSA) is 36.4 Å². The lowest BCUT2D eigenvalue weighted by molar-refractivity contribution is 0.763. The lowest BCUT2D eigenvalue weighted by Crippen LogP contribution is -2.38. The number of rotatable bonds is 3. The first-order chi connectivity index (χ1) is 8.19. The molecule has 0 aliphatic heterocycles. The number of guanidine groups is 1. The van der Waals surface area contributed by atoms with Gasteiger partial charge >= 0.3 is 0 Å². The van der Waals surface area contributed by atoms with Crippen molar-refractivity contribution in [3.8, 4) is 0 Å². The summed E-state index contributed by atoms with van der Waals surface area (Å²) >= 11 is 5.84. The molecule has 1 aromatic carbocycles. The van der Waals surface area contributed by atoms with Crippen molar-refractivity contribution in [2.24, 2.45) is 10.9 Å². The quantitative estimate of drug-likeness (QED) is 0.639. The van der Waals surface area contributed by atoms with Gasteiger partial charge in [0.1, 0.15) is 0 Å². The molecule has 1 saturated carbocycles. The number of aliphatic imine (C=N–C) groups is 1. The van der Waals surface area contributed by atoms with Crippen LogP contribution in [-0.4, -0.2) is 19.0 Å². The van der Waals surface area contributed by atoms with Crippen molar-refractivity contribution >= 4 is 17.6 Å². The molecule has 3 nitrogen and oxygen atoms in total. The Kier molecular flexibility index (Phi) is 3.89. The van der Waals surface area contributed by atoms with Crippen molar-refractivity contribution in [1.82, 2.24) is 10.6 Å². The molecular formula is C13H18ClN3. The molecule has 92 valence electrons. The van der Waals surface area contributed by atoms with Crippen molar-refractivity contribution in [1.29, 1.82) is 0 Å². The molecule has 2 rings (SSSR count). The van der Waals surface area contributed by atoms with E-state index >= 15 is 0 Å². The van der Waals surface area contributed by atoms with Crippen molar-refractivity contribution < 1.29 is 0 Å². The molecule has 17 heavy (non-hydrogen) atoms. The van der Waals surface area contributed by atoms with Crippen molar-refractivity contribution in [2.45, 2.75) is 25.9 Å². The van der Waals surface area contributed by atoms with E-state index in [0.29, 0.717) is 6.04 Å². The molecule has 2 unspecified atom stereocenters. The second kappa shape index (κ2) is 5.41. The third-order valence-electron chi connectivity index (χ3n) is 3.03. The second-order valence-electron chi connectivity index (χ2n) is 4.52. The minimum Gasteiger partial charge on any atom is -0.353 e. The largest absolute Gasteiger partial charge is 0.353 e. The maximum absolute atomic E-state index is 5.84. The van der Waals surface area contributed by atoms with Crippen molar-refractivity contribution in [3.05, 3.63) is 34.9 Å². The Morgan fingerprint density at radius 3 is 2.59 bits per heavy atom. The SMILES string of the molecule is CN=C(NCc1ccc(Cl)cc1)NC1CC1C. The van der Waals surface area contributed by atoms with Crippen molar-refractivity contribution in [3.63, 3.8) is 0 Å². The van der Waals surface area contributed by atoms with Gasteiger partial charge in [-0.1, -0.05) is 30.7 Å². The van der Waals surface area contributed by atoms with E-state index in [0.717, 1.165) is 23.4 Å². The summed E-state index contributed by atoms with van der Waals surface area (Å²) < 4.78 is 0. The highest BCUT2D eigenvalue weighted by atomic mass is 35.5. The lowest BCUT2D eigenvalue weighted by Gasteiger charge is -2.11. The van der Waals surface area contributed by atoms with Crippen LogP contribution >= 0.6 is 11.6 Å². The molecule has 2 atom stereocenters. The Balaban J connectivity index is 1.81. The molecular weight excluding hydrogens is 234 g/mol. The summed E-state index contributed by atoms with van der Waals surface area (Å²) in [5.41, 5.74) is 1.20. The van der Waals surface area contributed by atoms with E-state index in [-0.39, 0.29) is 0 Å². The summed E-state index contributed by atoms with van der Waals surface area (Å²) in [7, 11) is 1.80. The molecule has 0 bridgehead atoms. The maximum atomic E-state index is 5.84. The van der Waals surface area contributed by atoms with Crippen LogP contribution < -0.4 is 10.6 Å². The molecule has 1 aromatic rings. The number of nitrogens with zero attached hydrogens (tertiary/aromatic N) is 1. The average molecular weight is 252 g/mol. The highest BCUT2D eigenvalue weighted by molar-refractivity contribution is 6.30. The number of halogens is 1. The molecule has 0 radical (unpaired) electrons. The van der Waals surface area contributed by atoms with Gasteiger partial charge in [-0.25, -0.2) is 0 Å². The highest BCUT2D eigenvalue weighted by Crippen LogP contribution is 2.28. The summed E-state index contributed by atoms with van der Waals surface area (Å²) in [6.45, 7) is 3.00. The standard InChI is InChI=1S/C13H18ClN3/c1-9-7-12(9)17-13(15-2)16-8-10-3-5-11(14)6-4-10/h3-6,9,12H,7-8H2,1-2H3,(H2,15,16,17). The first kappa shape index (κ1) is 12.2. The number of nitrogens with one attached hydrogen (secondary N) is 2. The van der Waals surface area contributed by atoms with Crippen LogP contribution in [0.3, 0.4) is 0 Å². The first-order valence-corrected chi connectivity index (χ1v) is 6.28. The summed E-state index contributed by atoms with van der Waals surface area (Å²) in [6, 6.07) is 8.42. The monoisotopic (exact) mass is 251 g/mol. The lowest BCUT2D eigenvalue weighted by atomic mass is 10.2. The summed E-state index contributed by atoms with van der Waals surface area (Å²) in [5, 5.41) is 7.44. The van der Waals surface area contributed by atoms with Gasteiger partial charge in [0, 0.05) is 24.7 Å². The fraction of sp³-hybridized carbons (Fsp3) is 0.462. The average Bonchev–Trinajstić information content (AvgIpc) is 3.02. The number of benzene rings is 1. The van der Waals surface area contributed by atoms with Crippen LogP contribution in [0.2, 0.25) is 5.02 Å². The molecule has 0 amide bonds. The second-order valence-corrected chi connectivity index (χ2v) is 4.95. The fourth-order valence-electron chi connectivity index (χ4n) is 1.68. The van der Waals surface area contributed by atoms with Gasteiger partial charge in [0.2, 0.25) is 0 Å². The van der Waals surface area contributed by atoms with E-state index in [1.54, 1.807) is 7.05 Å². The zero-order chi connectivity index (χ0) is 12.3. The molecule has 4 heteroatoms. The van der Waals surface area contributed by atoms with E-state index in [4.69, 9.17) is 11.6 Å². The van der Waals surface area contributed by atoms with Crippen LogP contribution in [0.15, 0.2) is 29.3 Å².